The maximum absolute atomic E-state index is 12.3. The minimum absolute atomic E-state index is 0.124. The van der Waals surface area contributed by atoms with E-state index >= 15 is 0 Å². The topological polar surface area (TPSA) is 26.3 Å². The molecule has 4 heteroatoms. The first-order valence-corrected chi connectivity index (χ1v) is 7.47. The molecule has 3 rings (SSSR count). The molecule has 2 nitrogen and oxygen atoms in total. The van der Waals surface area contributed by atoms with Gasteiger partial charge in [0.25, 0.3) is 0 Å². The van der Waals surface area contributed by atoms with Gasteiger partial charge in [-0.2, -0.15) is 11.3 Å². The van der Waals surface area contributed by atoms with Crippen molar-refractivity contribution in [3.63, 3.8) is 0 Å². The van der Waals surface area contributed by atoms with Gasteiger partial charge in [0.05, 0.1) is 6.61 Å². The lowest BCUT2D eigenvalue weighted by Crippen LogP contribution is -2.05. The molecule has 0 unspecified atom stereocenters. The average molecular weight is 293 g/mol. The molecule has 0 bridgehead atoms. The summed E-state index contributed by atoms with van der Waals surface area (Å²) < 4.78 is 5.62. The zero-order chi connectivity index (χ0) is 13.4. The number of Topliss-reactive ketones (excluding diaryl/α,β-unsaturated/α-hetero) is 1. The zero-order valence-corrected chi connectivity index (χ0v) is 12.1. The van der Waals surface area contributed by atoms with Crippen molar-refractivity contribution in [1.29, 1.82) is 0 Å². The van der Waals surface area contributed by atoms with Crippen molar-refractivity contribution in [2.24, 2.45) is 0 Å². The van der Waals surface area contributed by atoms with Crippen LogP contribution >= 0.6 is 22.9 Å². The summed E-state index contributed by atoms with van der Waals surface area (Å²) in [6.07, 6.45) is 1.22. The van der Waals surface area contributed by atoms with Crippen molar-refractivity contribution in [1.82, 2.24) is 0 Å². The third kappa shape index (κ3) is 2.40. The predicted molar refractivity (Wildman–Crippen MR) is 77.7 cm³/mol. The Balaban J connectivity index is 1.92. The van der Waals surface area contributed by atoms with Crippen LogP contribution in [0, 0.1) is 6.92 Å². The number of ether oxygens (including phenoxy) is 1. The summed E-state index contributed by atoms with van der Waals surface area (Å²) in [4.78, 5) is 12.3. The molecule has 98 valence electrons. The molecule has 0 spiro atoms. The standard InChI is InChI=1S/C15H13ClO2S/c1-9-7-19-8-13(9)14(17)6-11-5-12(16)4-10-2-3-18-15(10)11/h4-5,7-8H,2-3,6H2,1H3. The molecule has 1 aromatic carbocycles. The summed E-state index contributed by atoms with van der Waals surface area (Å²) in [7, 11) is 0. The molecule has 1 aliphatic heterocycles. The number of benzene rings is 1. The van der Waals surface area contributed by atoms with E-state index in [0.717, 1.165) is 34.4 Å². The van der Waals surface area contributed by atoms with Gasteiger partial charge < -0.3 is 4.74 Å². The molecule has 0 atom stereocenters. The van der Waals surface area contributed by atoms with Gasteiger partial charge in [0.2, 0.25) is 0 Å². The molecule has 2 aromatic rings. The Morgan fingerprint density at radius 1 is 1.42 bits per heavy atom. The second-order valence-corrected chi connectivity index (χ2v) is 5.90. The monoisotopic (exact) mass is 292 g/mol. The van der Waals surface area contributed by atoms with Crippen LogP contribution in [0.25, 0.3) is 0 Å². The highest BCUT2D eigenvalue weighted by atomic mass is 35.5. The second kappa shape index (κ2) is 4.99. The molecule has 0 aliphatic carbocycles. The van der Waals surface area contributed by atoms with Gasteiger partial charge in [0.15, 0.2) is 5.78 Å². The van der Waals surface area contributed by atoms with Gasteiger partial charge in [-0.15, -0.1) is 0 Å². The molecule has 0 saturated carbocycles. The van der Waals surface area contributed by atoms with E-state index in [9.17, 15) is 4.79 Å². The van der Waals surface area contributed by atoms with Crippen LogP contribution in [0.1, 0.15) is 27.0 Å². The second-order valence-electron chi connectivity index (χ2n) is 4.72. The maximum atomic E-state index is 12.3. The summed E-state index contributed by atoms with van der Waals surface area (Å²) in [5.41, 5.74) is 3.85. The zero-order valence-electron chi connectivity index (χ0n) is 10.5. The first-order valence-electron chi connectivity index (χ1n) is 6.15. The molecule has 1 aliphatic rings. The van der Waals surface area contributed by atoms with Crippen LogP contribution in [-0.4, -0.2) is 12.4 Å². The van der Waals surface area contributed by atoms with Gasteiger partial charge in [-0.3, -0.25) is 4.79 Å². The van der Waals surface area contributed by atoms with Gasteiger partial charge in [-0.1, -0.05) is 11.6 Å². The van der Waals surface area contributed by atoms with Gasteiger partial charge in [0, 0.05) is 34.4 Å². The lowest BCUT2D eigenvalue weighted by molar-refractivity contribution is 0.0992. The fourth-order valence-electron chi connectivity index (χ4n) is 2.39. The Kier molecular flexibility index (Phi) is 3.33. The largest absolute Gasteiger partial charge is 0.493 e. The molecule has 1 aromatic heterocycles. The normalized spacial score (nSPS) is 13.2. The Morgan fingerprint density at radius 2 is 2.26 bits per heavy atom. The fraction of sp³-hybridized carbons (Fsp3) is 0.267. The Bertz CT molecular complexity index is 646. The summed E-state index contributed by atoms with van der Waals surface area (Å²) >= 11 is 7.66. The number of halogens is 1. The number of carbonyl (C=O) groups is 1. The van der Waals surface area contributed by atoms with Crippen LogP contribution in [0.15, 0.2) is 22.9 Å². The maximum Gasteiger partial charge on any atom is 0.168 e. The van der Waals surface area contributed by atoms with E-state index in [4.69, 9.17) is 16.3 Å². The van der Waals surface area contributed by atoms with E-state index in [0.29, 0.717) is 18.1 Å². The predicted octanol–water partition coefficient (Wildman–Crippen LogP) is 4.07. The van der Waals surface area contributed by atoms with Gasteiger partial charge in [0.1, 0.15) is 5.75 Å². The summed E-state index contributed by atoms with van der Waals surface area (Å²) in [5, 5.41) is 4.57. The minimum Gasteiger partial charge on any atom is -0.493 e. The molecule has 0 radical (unpaired) electrons. The Labute approximate surface area is 121 Å². The highest BCUT2D eigenvalue weighted by Crippen LogP contribution is 2.33. The number of carbonyl (C=O) groups excluding carboxylic acids is 1. The van der Waals surface area contributed by atoms with E-state index in [2.05, 4.69) is 0 Å². The lowest BCUT2D eigenvalue weighted by Gasteiger charge is -2.08. The number of fused-ring (bicyclic) bond motifs is 1. The Morgan fingerprint density at radius 3 is 3.00 bits per heavy atom. The smallest absolute Gasteiger partial charge is 0.168 e. The average Bonchev–Trinajstić information content (AvgIpc) is 2.97. The van der Waals surface area contributed by atoms with Crippen LogP contribution in [0.3, 0.4) is 0 Å². The van der Waals surface area contributed by atoms with Crippen LogP contribution in [-0.2, 0) is 12.8 Å². The van der Waals surface area contributed by atoms with Crippen molar-refractivity contribution >= 4 is 28.7 Å². The first-order chi connectivity index (χ1) is 9.15. The van der Waals surface area contributed by atoms with Crippen molar-refractivity contribution in [3.05, 3.63) is 50.2 Å². The minimum atomic E-state index is 0.124. The quantitative estimate of drug-likeness (QED) is 0.797. The lowest BCUT2D eigenvalue weighted by atomic mass is 10.00. The number of aryl methyl sites for hydroxylation is 1. The summed E-state index contributed by atoms with van der Waals surface area (Å²) in [5.74, 6) is 0.976. The van der Waals surface area contributed by atoms with Gasteiger partial charge in [-0.05, 0) is 35.6 Å². The van der Waals surface area contributed by atoms with Crippen molar-refractivity contribution in [2.45, 2.75) is 19.8 Å². The Hall–Kier alpha value is -1.32. The molecular weight excluding hydrogens is 280 g/mol. The van der Waals surface area contributed by atoms with Gasteiger partial charge >= 0.3 is 0 Å². The summed E-state index contributed by atoms with van der Waals surface area (Å²) in [6.45, 7) is 2.64. The molecular formula is C15H13ClO2S. The first kappa shape index (κ1) is 12.7. The van der Waals surface area contributed by atoms with E-state index in [1.54, 1.807) is 11.3 Å². The fourth-order valence-corrected chi connectivity index (χ4v) is 3.51. The molecule has 0 saturated heterocycles. The third-order valence-corrected chi connectivity index (χ3v) is 4.41. The number of rotatable bonds is 3. The molecule has 2 heterocycles. The van der Waals surface area contributed by atoms with Crippen LogP contribution in [0.5, 0.6) is 5.75 Å². The molecule has 0 N–H and O–H groups in total. The van der Waals surface area contributed by atoms with Crippen LogP contribution < -0.4 is 4.74 Å². The van der Waals surface area contributed by atoms with E-state index in [-0.39, 0.29) is 5.78 Å². The molecule has 0 fully saturated rings. The van der Waals surface area contributed by atoms with E-state index in [1.165, 1.54) is 0 Å². The van der Waals surface area contributed by atoms with Crippen molar-refractivity contribution < 1.29 is 9.53 Å². The summed E-state index contributed by atoms with van der Waals surface area (Å²) in [6, 6.07) is 3.76. The number of ketones is 1. The highest BCUT2D eigenvalue weighted by molar-refractivity contribution is 7.08. The number of hydrogen-bond acceptors (Lipinski definition) is 3. The van der Waals surface area contributed by atoms with E-state index < -0.39 is 0 Å². The number of hydrogen-bond donors (Lipinski definition) is 0. The van der Waals surface area contributed by atoms with Crippen molar-refractivity contribution in [2.75, 3.05) is 6.61 Å². The van der Waals surface area contributed by atoms with Crippen LogP contribution in [0.4, 0.5) is 0 Å². The number of thiophene rings is 1. The highest BCUT2D eigenvalue weighted by Gasteiger charge is 2.20. The van der Waals surface area contributed by atoms with Crippen LogP contribution in [0.2, 0.25) is 5.02 Å². The third-order valence-electron chi connectivity index (χ3n) is 3.33. The van der Waals surface area contributed by atoms with E-state index in [1.807, 2.05) is 29.8 Å². The van der Waals surface area contributed by atoms with Crippen molar-refractivity contribution in [3.8, 4) is 5.75 Å². The molecule has 19 heavy (non-hydrogen) atoms. The SMILES string of the molecule is Cc1cscc1C(=O)Cc1cc(Cl)cc2c1OCC2. The molecule has 0 amide bonds. The van der Waals surface area contributed by atoms with Gasteiger partial charge in [-0.25, -0.2) is 0 Å².